The van der Waals surface area contributed by atoms with Crippen LogP contribution in [0.5, 0.6) is 11.5 Å². The van der Waals surface area contributed by atoms with Gasteiger partial charge in [-0.3, -0.25) is 0 Å². The second-order valence-electron chi connectivity index (χ2n) is 6.03. The Hall–Kier alpha value is -2.36. The van der Waals surface area contributed by atoms with Gasteiger partial charge in [-0.1, -0.05) is 29.4 Å². The van der Waals surface area contributed by atoms with Crippen molar-refractivity contribution in [1.29, 1.82) is 0 Å². The van der Waals surface area contributed by atoms with E-state index in [0.717, 1.165) is 12.0 Å². The Morgan fingerprint density at radius 2 is 1.92 bits per heavy atom. The molecule has 0 amide bonds. The first-order valence-corrected chi connectivity index (χ1v) is 9.30. The summed E-state index contributed by atoms with van der Waals surface area (Å²) in [4.78, 5) is 0. The summed E-state index contributed by atoms with van der Waals surface area (Å²) in [6, 6.07) is 14.4. The van der Waals surface area contributed by atoms with Crippen molar-refractivity contribution < 1.29 is 9.47 Å². The maximum absolute atomic E-state index is 5.64. The number of tetrazole rings is 1. The molecule has 2 atom stereocenters. The van der Waals surface area contributed by atoms with Gasteiger partial charge in [0.15, 0.2) is 11.5 Å². The van der Waals surface area contributed by atoms with Crippen LogP contribution in [0.3, 0.4) is 0 Å². The van der Waals surface area contributed by atoms with E-state index >= 15 is 0 Å². The fraction of sp³-hybridized carbons (Fsp3) is 0.278. The van der Waals surface area contributed by atoms with Crippen molar-refractivity contribution >= 4 is 28.5 Å². The average Bonchev–Trinajstić information content (AvgIpc) is 3.15. The largest absolute Gasteiger partial charge is 0.493 e. The van der Waals surface area contributed by atoms with Gasteiger partial charge < -0.3 is 14.8 Å². The number of aromatic nitrogens is 4. The molecule has 0 saturated heterocycles. The molecule has 0 spiro atoms. The molecule has 4 rings (SSSR count). The maximum Gasteiger partial charge on any atom is 0.243 e. The molecular weight excluding hydrogens is 445 g/mol. The van der Waals surface area contributed by atoms with E-state index in [1.165, 1.54) is 9.13 Å². The fourth-order valence-electron chi connectivity index (χ4n) is 3.38. The number of hydrogen-bond donors (Lipinski definition) is 1. The summed E-state index contributed by atoms with van der Waals surface area (Å²) in [5.41, 5.74) is 2.20. The highest BCUT2D eigenvalue weighted by Gasteiger charge is 2.33. The van der Waals surface area contributed by atoms with Gasteiger partial charge in [-0.15, -0.1) is 0 Å². The van der Waals surface area contributed by atoms with E-state index in [0.29, 0.717) is 17.4 Å². The summed E-state index contributed by atoms with van der Waals surface area (Å²) in [6.07, 6.45) is 0.794. The van der Waals surface area contributed by atoms with Gasteiger partial charge in [0.1, 0.15) is 0 Å². The Labute approximate surface area is 164 Å². The van der Waals surface area contributed by atoms with Gasteiger partial charge in [-0.2, -0.15) is 0 Å². The van der Waals surface area contributed by atoms with Crippen LogP contribution in [0.1, 0.15) is 29.6 Å². The topological polar surface area (TPSA) is 74.1 Å². The van der Waals surface area contributed by atoms with Crippen molar-refractivity contribution in [3.8, 4) is 11.5 Å². The number of fused-ring (bicyclic) bond motifs is 1. The maximum atomic E-state index is 5.64. The molecule has 1 N–H and O–H groups in total. The van der Waals surface area contributed by atoms with Gasteiger partial charge in [-0.05, 0) is 63.2 Å². The number of methoxy groups -OCH3 is 2. The minimum absolute atomic E-state index is 0.0596. The molecule has 0 bridgehead atoms. The lowest BCUT2D eigenvalue weighted by atomic mass is 9.92. The molecule has 0 unspecified atom stereocenters. The number of hydrogen-bond acceptors (Lipinski definition) is 6. The third-order valence-electron chi connectivity index (χ3n) is 4.62. The standard InChI is InChI=1S/C18H18IN5O2/c1-25-16-5-3-4-13(17(16)26-2)15-10-14(11-6-8-12(19)9-7-11)20-18-21-22-23-24(15)18/h3-9,14-15H,10H2,1-2H3,(H,20,21,23)/t14-,15+/m0/s1. The van der Waals surface area contributed by atoms with Gasteiger partial charge in [0.2, 0.25) is 5.95 Å². The second kappa shape index (κ2) is 7.10. The van der Waals surface area contributed by atoms with E-state index < -0.39 is 0 Å². The summed E-state index contributed by atoms with van der Waals surface area (Å²) in [5.74, 6) is 2.06. The lowest BCUT2D eigenvalue weighted by Gasteiger charge is -2.32. The summed E-state index contributed by atoms with van der Waals surface area (Å²) in [6.45, 7) is 0. The van der Waals surface area contributed by atoms with Crippen LogP contribution in [-0.4, -0.2) is 34.4 Å². The predicted octanol–water partition coefficient (Wildman–Crippen LogP) is 3.44. The summed E-state index contributed by atoms with van der Waals surface area (Å²) in [7, 11) is 3.29. The van der Waals surface area contributed by atoms with Crippen LogP contribution in [0, 0.1) is 3.57 Å². The van der Waals surface area contributed by atoms with Crippen LogP contribution in [0.4, 0.5) is 5.95 Å². The zero-order chi connectivity index (χ0) is 18.1. The first-order valence-electron chi connectivity index (χ1n) is 8.22. The van der Waals surface area contributed by atoms with Gasteiger partial charge >= 0.3 is 0 Å². The van der Waals surface area contributed by atoms with Crippen molar-refractivity contribution in [2.75, 3.05) is 19.5 Å². The molecule has 1 aliphatic heterocycles. The Morgan fingerprint density at radius 1 is 1.12 bits per heavy atom. The van der Waals surface area contributed by atoms with E-state index in [1.807, 2.05) is 18.2 Å². The zero-order valence-electron chi connectivity index (χ0n) is 14.4. The Bertz CT molecular complexity index is 912. The summed E-state index contributed by atoms with van der Waals surface area (Å²) < 4.78 is 14.1. The first kappa shape index (κ1) is 17.1. The molecule has 3 aromatic rings. The molecule has 134 valence electrons. The number of para-hydroxylation sites is 1. The second-order valence-corrected chi connectivity index (χ2v) is 7.28. The monoisotopic (exact) mass is 463 g/mol. The van der Waals surface area contributed by atoms with Gasteiger partial charge in [0.05, 0.1) is 26.3 Å². The zero-order valence-corrected chi connectivity index (χ0v) is 16.5. The third-order valence-corrected chi connectivity index (χ3v) is 5.33. The molecule has 2 heterocycles. The molecule has 8 heteroatoms. The molecule has 1 aliphatic rings. The summed E-state index contributed by atoms with van der Waals surface area (Å²) in [5, 5.41) is 15.6. The summed E-state index contributed by atoms with van der Waals surface area (Å²) >= 11 is 2.31. The number of anilines is 1. The van der Waals surface area contributed by atoms with E-state index in [9.17, 15) is 0 Å². The van der Waals surface area contributed by atoms with Gasteiger partial charge in [-0.25, -0.2) is 4.68 Å². The number of benzene rings is 2. The fourth-order valence-corrected chi connectivity index (χ4v) is 3.74. The van der Waals surface area contributed by atoms with Gasteiger partial charge in [0.25, 0.3) is 0 Å². The minimum Gasteiger partial charge on any atom is -0.493 e. The highest BCUT2D eigenvalue weighted by Crippen LogP contribution is 2.43. The van der Waals surface area contributed by atoms with Crippen LogP contribution in [-0.2, 0) is 0 Å². The molecule has 0 saturated carbocycles. The van der Waals surface area contributed by atoms with E-state index in [1.54, 1.807) is 18.9 Å². The van der Waals surface area contributed by atoms with E-state index in [-0.39, 0.29) is 12.1 Å². The van der Waals surface area contributed by atoms with Gasteiger partial charge in [0, 0.05) is 9.13 Å². The smallest absolute Gasteiger partial charge is 0.243 e. The Morgan fingerprint density at radius 3 is 2.65 bits per heavy atom. The molecule has 26 heavy (non-hydrogen) atoms. The quantitative estimate of drug-likeness (QED) is 0.598. The van der Waals surface area contributed by atoms with Crippen LogP contribution in [0.15, 0.2) is 42.5 Å². The lowest BCUT2D eigenvalue weighted by molar-refractivity contribution is 0.339. The van der Waals surface area contributed by atoms with Crippen molar-refractivity contribution in [3.05, 3.63) is 57.2 Å². The number of rotatable bonds is 4. The van der Waals surface area contributed by atoms with Crippen LogP contribution in [0.2, 0.25) is 0 Å². The third kappa shape index (κ3) is 2.98. The Balaban J connectivity index is 1.78. The Kier molecular flexibility index (Phi) is 4.66. The van der Waals surface area contributed by atoms with Crippen LogP contribution < -0.4 is 14.8 Å². The first-order chi connectivity index (χ1) is 12.7. The average molecular weight is 463 g/mol. The van der Waals surface area contributed by atoms with Crippen molar-refractivity contribution in [2.24, 2.45) is 0 Å². The van der Waals surface area contributed by atoms with E-state index in [4.69, 9.17) is 9.47 Å². The van der Waals surface area contributed by atoms with Crippen molar-refractivity contribution in [2.45, 2.75) is 18.5 Å². The van der Waals surface area contributed by atoms with Crippen LogP contribution >= 0.6 is 22.6 Å². The molecule has 2 aromatic carbocycles. The van der Waals surface area contributed by atoms with Crippen molar-refractivity contribution in [1.82, 2.24) is 20.2 Å². The minimum atomic E-state index is -0.0596. The van der Waals surface area contributed by atoms with Crippen molar-refractivity contribution in [3.63, 3.8) is 0 Å². The highest BCUT2D eigenvalue weighted by atomic mass is 127. The predicted molar refractivity (Wildman–Crippen MR) is 106 cm³/mol. The van der Waals surface area contributed by atoms with Crippen LogP contribution in [0.25, 0.3) is 0 Å². The molecule has 0 fully saturated rings. The highest BCUT2D eigenvalue weighted by molar-refractivity contribution is 14.1. The number of ether oxygens (including phenoxy) is 2. The molecular formula is C18H18IN5O2. The number of nitrogens with one attached hydrogen (secondary N) is 1. The number of nitrogens with zero attached hydrogens (tertiary/aromatic N) is 4. The molecule has 1 aromatic heterocycles. The molecule has 7 nitrogen and oxygen atoms in total. The molecule has 0 aliphatic carbocycles. The number of halogens is 1. The SMILES string of the molecule is COc1cccc([C@H]2C[C@@H](c3ccc(I)cc3)Nc3nnnn32)c1OC. The lowest BCUT2D eigenvalue weighted by Crippen LogP contribution is -2.28. The van der Waals surface area contributed by atoms with E-state index in [2.05, 4.69) is 67.7 Å². The normalized spacial score (nSPS) is 18.7. The molecule has 0 radical (unpaired) electrons.